The molecule has 0 saturated heterocycles. The standard InChI is InChI=1S/C25H33N3O5S/c1-5-9-20-12-13-24-22(14-20)33-23(18(2)15-28(19(3)17-29)34(24,31)32)16-27(4)25(30)26-21-10-7-6-8-11-21/h5-14,18-19,23,29H,15-17H2,1-4H3,(H,26,30)/b9-5+/t18-,19-,23-/m0/s1. The van der Waals surface area contributed by atoms with Gasteiger partial charge < -0.3 is 20.1 Å². The summed E-state index contributed by atoms with van der Waals surface area (Å²) in [5, 5.41) is 12.6. The van der Waals surface area contributed by atoms with Crippen molar-refractivity contribution in [2.24, 2.45) is 5.92 Å². The first-order chi connectivity index (χ1) is 16.2. The number of likely N-dealkylation sites (N-methyl/N-ethyl adjacent to an activating group) is 1. The number of rotatable bonds is 6. The maximum Gasteiger partial charge on any atom is 0.321 e. The molecule has 0 spiro atoms. The number of nitrogens with one attached hydrogen (secondary N) is 1. The molecule has 0 aromatic heterocycles. The lowest BCUT2D eigenvalue weighted by atomic mass is 10.0. The Labute approximate surface area is 201 Å². The molecule has 3 rings (SSSR count). The molecule has 9 heteroatoms. The molecule has 1 heterocycles. The van der Waals surface area contributed by atoms with Crippen molar-refractivity contribution in [1.82, 2.24) is 9.21 Å². The molecule has 0 bridgehead atoms. The molecule has 34 heavy (non-hydrogen) atoms. The second-order valence-corrected chi connectivity index (χ2v) is 10.5. The van der Waals surface area contributed by atoms with Gasteiger partial charge in [0.1, 0.15) is 16.7 Å². The van der Waals surface area contributed by atoms with Gasteiger partial charge in [0.05, 0.1) is 13.2 Å². The largest absolute Gasteiger partial charge is 0.487 e. The number of hydrogen-bond acceptors (Lipinski definition) is 5. The number of hydrogen-bond donors (Lipinski definition) is 2. The van der Waals surface area contributed by atoms with Crippen LogP contribution < -0.4 is 10.1 Å². The lowest BCUT2D eigenvalue weighted by Gasteiger charge is -2.37. The fourth-order valence-electron chi connectivity index (χ4n) is 3.85. The molecule has 2 aromatic rings. The highest BCUT2D eigenvalue weighted by molar-refractivity contribution is 7.89. The Morgan fingerprint density at radius 3 is 2.65 bits per heavy atom. The van der Waals surface area contributed by atoms with Crippen molar-refractivity contribution in [2.75, 3.05) is 32.1 Å². The maximum absolute atomic E-state index is 13.5. The SMILES string of the molecule is C/C=C/c1ccc2c(c1)O[C@@H](CN(C)C(=O)Nc1ccccc1)[C@@H](C)CN([C@@H](C)CO)S2(=O)=O. The smallest absolute Gasteiger partial charge is 0.321 e. The lowest BCUT2D eigenvalue weighted by molar-refractivity contribution is 0.0830. The monoisotopic (exact) mass is 487 g/mol. The second-order valence-electron chi connectivity index (χ2n) is 8.62. The predicted octanol–water partition coefficient (Wildman–Crippen LogP) is 3.65. The molecule has 2 N–H and O–H groups in total. The zero-order chi connectivity index (χ0) is 24.9. The number of amides is 2. The third-order valence-electron chi connectivity index (χ3n) is 5.88. The van der Waals surface area contributed by atoms with E-state index in [0.29, 0.717) is 5.69 Å². The molecule has 2 aromatic carbocycles. The summed E-state index contributed by atoms with van der Waals surface area (Å²) in [6, 6.07) is 13.2. The van der Waals surface area contributed by atoms with Crippen molar-refractivity contribution in [3.05, 3.63) is 60.2 Å². The Hall–Kier alpha value is -2.88. The molecule has 0 unspecified atom stereocenters. The van der Waals surface area contributed by atoms with E-state index in [1.807, 2.05) is 44.2 Å². The third kappa shape index (κ3) is 5.78. The first-order valence-electron chi connectivity index (χ1n) is 11.3. The summed E-state index contributed by atoms with van der Waals surface area (Å²) in [6.45, 7) is 5.54. The number of carbonyl (C=O) groups excluding carboxylic acids is 1. The van der Waals surface area contributed by atoms with Crippen molar-refractivity contribution in [1.29, 1.82) is 0 Å². The van der Waals surface area contributed by atoms with Crippen LogP contribution in [-0.4, -0.2) is 67.7 Å². The van der Waals surface area contributed by atoms with Gasteiger partial charge in [0, 0.05) is 31.2 Å². The molecule has 3 atom stereocenters. The number of carbonyl (C=O) groups is 1. The molecule has 1 aliphatic rings. The normalized spacial score (nSPS) is 21.1. The number of aliphatic hydroxyl groups is 1. The third-order valence-corrected chi connectivity index (χ3v) is 7.90. The molecule has 0 saturated carbocycles. The number of ether oxygens (including phenoxy) is 1. The quantitative estimate of drug-likeness (QED) is 0.648. The predicted molar refractivity (Wildman–Crippen MR) is 133 cm³/mol. The summed E-state index contributed by atoms with van der Waals surface area (Å²) in [5.41, 5.74) is 1.49. The molecule has 2 amide bonds. The van der Waals surface area contributed by atoms with E-state index >= 15 is 0 Å². The number of anilines is 1. The molecule has 1 aliphatic heterocycles. The highest BCUT2D eigenvalue weighted by atomic mass is 32.2. The van der Waals surface area contributed by atoms with Crippen LogP contribution >= 0.6 is 0 Å². The Bertz CT molecular complexity index is 1120. The highest BCUT2D eigenvalue weighted by Gasteiger charge is 2.38. The Balaban J connectivity index is 1.94. The van der Waals surface area contributed by atoms with Gasteiger partial charge in [-0.15, -0.1) is 0 Å². The minimum Gasteiger partial charge on any atom is -0.487 e. The molecule has 0 aliphatic carbocycles. The van der Waals surface area contributed by atoms with Gasteiger partial charge in [-0.2, -0.15) is 4.31 Å². The second kappa shape index (κ2) is 11.0. The zero-order valence-electron chi connectivity index (χ0n) is 20.0. The number of aliphatic hydroxyl groups excluding tert-OH is 1. The summed E-state index contributed by atoms with van der Waals surface area (Å²) in [7, 11) is -2.22. The summed E-state index contributed by atoms with van der Waals surface area (Å²) in [4.78, 5) is 14.3. The van der Waals surface area contributed by atoms with Gasteiger partial charge in [-0.1, -0.05) is 43.3 Å². The van der Waals surface area contributed by atoms with Crippen LogP contribution in [0.1, 0.15) is 26.3 Å². The van der Waals surface area contributed by atoms with Crippen molar-refractivity contribution in [3.8, 4) is 5.75 Å². The highest BCUT2D eigenvalue weighted by Crippen LogP contribution is 2.34. The molecule has 0 fully saturated rings. The van der Waals surface area contributed by atoms with E-state index in [0.717, 1.165) is 5.56 Å². The average molecular weight is 488 g/mol. The summed E-state index contributed by atoms with van der Waals surface area (Å²) >= 11 is 0. The lowest BCUT2D eigenvalue weighted by Crippen LogP contribution is -2.50. The number of sulfonamides is 1. The van der Waals surface area contributed by atoms with E-state index in [4.69, 9.17) is 4.74 Å². The number of fused-ring (bicyclic) bond motifs is 1. The van der Waals surface area contributed by atoms with Crippen LogP contribution in [0.5, 0.6) is 5.75 Å². The Morgan fingerprint density at radius 1 is 1.29 bits per heavy atom. The fraction of sp³-hybridized carbons (Fsp3) is 0.400. The van der Waals surface area contributed by atoms with Crippen molar-refractivity contribution >= 4 is 27.8 Å². The Kier molecular flexibility index (Phi) is 8.35. The summed E-state index contributed by atoms with van der Waals surface area (Å²) in [6.07, 6.45) is 3.25. The van der Waals surface area contributed by atoms with E-state index < -0.39 is 22.2 Å². The van der Waals surface area contributed by atoms with Crippen LogP contribution in [0.25, 0.3) is 6.08 Å². The van der Waals surface area contributed by atoms with Crippen LogP contribution in [0, 0.1) is 5.92 Å². The van der Waals surface area contributed by atoms with Crippen molar-refractivity contribution in [2.45, 2.75) is 37.8 Å². The number of urea groups is 1. The van der Waals surface area contributed by atoms with Crippen molar-refractivity contribution in [3.63, 3.8) is 0 Å². The Morgan fingerprint density at radius 2 is 2.00 bits per heavy atom. The first kappa shape index (κ1) is 25.7. The number of benzene rings is 2. The van der Waals surface area contributed by atoms with E-state index in [1.165, 1.54) is 15.3 Å². The van der Waals surface area contributed by atoms with E-state index in [1.54, 1.807) is 38.2 Å². The van der Waals surface area contributed by atoms with Gasteiger partial charge in [0.15, 0.2) is 0 Å². The fourth-order valence-corrected chi connectivity index (χ4v) is 5.68. The molecule has 0 radical (unpaired) electrons. The van der Waals surface area contributed by atoms with Crippen molar-refractivity contribution < 1.29 is 23.1 Å². The van der Waals surface area contributed by atoms with Crippen LogP contribution in [0.2, 0.25) is 0 Å². The minimum atomic E-state index is -3.90. The number of allylic oxidation sites excluding steroid dienone is 1. The van der Waals surface area contributed by atoms with E-state index in [-0.39, 0.29) is 42.3 Å². The van der Waals surface area contributed by atoms with Gasteiger partial charge >= 0.3 is 6.03 Å². The summed E-state index contributed by atoms with van der Waals surface area (Å²) in [5.74, 6) is -0.0200. The van der Waals surface area contributed by atoms with Gasteiger partial charge in [0.2, 0.25) is 10.0 Å². The van der Waals surface area contributed by atoms with E-state index in [9.17, 15) is 18.3 Å². The van der Waals surface area contributed by atoms with Crippen LogP contribution in [0.15, 0.2) is 59.5 Å². The average Bonchev–Trinajstić information content (AvgIpc) is 2.81. The van der Waals surface area contributed by atoms with Gasteiger partial charge in [-0.05, 0) is 43.7 Å². The molecule has 8 nitrogen and oxygen atoms in total. The zero-order valence-corrected chi connectivity index (χ0v) is 20.8. The van der Waals surface area contributed by atoms with Gasteiger partial charge in [-0.3, -0.25) is 0 Å². The number of nitrogens with zero attached hydrogens (tertiary/aromatic N) is 2. The summed E-state index contributed by atoms with van der Waals surface area (Å²) < 4.78 is 34.6. The number of para-hydroxylation sites is 1. The molecule has 184 valence electrons. The van der Waals surface area contributed by atoms with Crippen LogP contribution in [0.4, 0.5) is 10.5 Å². The van der Waals surface area contributed by atoms with Crippen LogP contribution in [-0.2, 0) is 10.0 Å². The van der Waals surface area contributed by atoms with Gasteiger partial charge in [-0.25, -0.2) is 13.2 Å². The van der Waals surface area contributed by atoms with E-state index in [2.05, 4.69) is 5.32 Å². The topological polar surface area (TPSA) is 99.2 Å². The molecular weight excluding hydrogens is 454 g/mol. The first-order valence-corrected chi connectivity index (χ1v) is 12.7. The molecular formula is C25H33N3O5S. The van der Waals surface area contributed by atoms with Gasteiger partial charge in [0.25, 0.3) is 0 Å². The maximum atomic E-state index is 13.5. The van der Waals surface area contributed by atoms with Crippen LogP contribution in [0.3, 0.4) is 0 Å². The minimum absolute atomic E-state index is 0.0503.